The molecule has 1 aromatic carbocycles. The first-order chi connectivity index (χ1) is 11.5. The van der Waals surface area contributed by atoms with Gasteiger partial charge in [-0.1, -0.05) is 17.7 Å². The SMILES string of the molecule is O=C(O)c1ccc(N2CCN(C(=O)c3cccc(Cl)c3)CC2)nc1. The van der Waals surface area contributed by atoms with Crippen molar-refractivity contribution in [2.45, 2.75) is 0 Å². The van der Waals surface area contributed by atoms with E-state index in [0.29, 0.717) is 36.8 Å². The van der Waals surface area contributed by atoms with Crippen molar-refractivity contribution in [2.75, 3.05) is 31.1 Å². The number of nitrogens with zero attached hydrogens (tertiary/aromatic N) is 3. The lowest BCUT2D eigenvalue weighted by Gasteiger charge is -2.35. The number of aromatic nitrogens is 1. The van der Waals surface area contributed by atoms with Crippen LogP contribution in [0.4, 0.5) is 5.82 Å². The summed E-state index contributed by atoms with van der Waals surface area (Å²) in [6.07, 6.45) is 1.35. The van der Waals surface area contributed by atoms with E-state index >= 15 is 0 Å². The Morgan fingerprint density at radius 1 is 1.04 bits per heavy atom. The van der Waals surface area contributed by atoms with E-state index in [1.807, 2.05) is 4.90 Å². The number of pyridine rings is 1. The van der Waals surface area contributed by atoms with Gasteiger partial charge in [-0.25, -0.2) is 9.78 Å². The van der Waals surface area contributed by atoms with Gasteiger partial charge >= 0.3 is 5.97 Å². The van der Waals surface area contributed by atoms with Crippen LogP contribution in [-0.4, -0.2) is 53.0 Å². The first-order valence-corrected chi connectivity index (χ1v) is 7.91. The minimum atomic E-state index is -0.994. The van der Waals surface area contributed by atoms with Crippen LogP contribution in [0.2, 0.25) is 5.02 Å². The molecular weight excluding hydrogens is 330 g/mol. The first kappa shape index (κ1) is 16.3. The maximum absolute atomic E-state index is 12.5. The summed E-state index contributed by atoms with van der Waals surface area (Å²) in [7, 11) is 0. The van der Waals surface area contributed by atoms with Gasteiger partial charge in [0.2, 0.25) is 0 Å². The Kier molecular flexibility index (Phi) is 4.66. The predicted octanol–water partition coefficient (Wildman–Crippen LogP) is 2.40. The number of halogens is 1. The van der Waals surface area contributed by atoms with Crippen LogP contribution < -0.4 is 4.90 Å². The molecule has 0 spiro atoms. The summed E-state index contributed by atoms with van der Waals surface area (Å²) in [5, 5.41) is 9.45. The van der Waals surface area contributed by atoms with Gasteiger partial charge in [0.25, 0.3) is 5.91 Å². The van der Waals surface area contributed by atoms with Crippen molar-refractivity contribution < 1.29 is 14.7 Å². The number of carboxylic acid groups (broad SMARTS) is 1. The molecule has 0 radical (unpaired) electrons. The topological polar surface area (TPSA) is 73.7 Å². The van der Waals surface area contributed by atoms with Crippen LogP contribution in [0.15, 0.2) is 42.6 Å². The maximum atomic E-state index is 12.5. The van der Waals surface area contributed by atoms with Crippen molar-refractivity contribution in [2.24, 2.45) is 0 Å². The van der Waals surface area contributed by atoms with Gasteiger partial charge < -0.3 is 14.9 Å². The average Bonchev–Trinajstić information content (AvgIpc) is 2.61. The molecule has 1 aliphatic heterocycles. The molecule has 1 aliphatic rings. The molecule has 0 bridgehead atoms. The van der Waals surface area contributed by atoms with Gasteiger partial charge in [-0.3, -0.25) is 4.79 Å². The van der Waals surface area contributed by atoms with Gasteiger partial charge in [0, 0.05) is 43.0 Å². The average molecular weight is 346 g/mol. The fourth-order valence-corrected chi connectivity index (χ4v) is 2.83. The summed E-state index contributed by atoms with van der Waals surface area (Å²) in [6, 6.07) is 10.2. The lowest BCUT2D eigenvalue weighted by Crippen LogP contribution is -2.49. The predicted molar refractivity (Wildman–Crippen MR) is 90.8 cm³/mol. The molecule has 6 nitrogen and oxygen atoms in total. The van der Waals surface area contributed by atoms with Crippen LogP contribution in [0, 0.1) is 0 Å². The van der Waals surface area contributed by atoms with Crippen LogP contribution >= 0.6 is 11.6 Å². The zero-order chi connectivity index (χ0) is 17.1. The molecule has 24 heavy (non-hydrogen) atoms. The van der Waals surface area contributed by atoms with Gasteiger partial charge in [-0.15, -0.1) is 0 Å². The Labute approximate surface area is 144 Å². The van der Waals surface area contributed by atoms with E-state index in [1.54, 1.807) is 35.2 Å². The van der Waals surface area contributed by atoms with E-state index in [0.717, 1.165) is 5.82 Å². The largest absolute Gasteiger partial charge is 0.478 e. The number of benzene rings is 1. The summed E-state index contributed by atoms with van der Waals surface area (Å²) in [6.45, 7) is 2.44. The van der Waals surface area contributed by atoms with Gasteiger partial charge in [-0.2, -0.15) is 0 Å². The van der Waals surface area contributed by atoms with Crippen molar-refractivity contribution >= 4 is 29.3 Å². The van der Waals surface area contributed by atoms with Crippen LogP contribution in [-0.2, 0) is 0 Å². The molecule has 2 aromatic rings. The Morgan fingerprint density at radius 3 is 2.38 bits per heavy atom. The molecule has 7 heteroatoms. The van der Waals surface area contributed by atoms with E-state index < -0.39 is 5.97 Å². The fraction of sp³-hybridized carbons (Fsp3) is 0.235. The quantitative estimate of drug-likeness (QED) is 0.924. The van der Waals surface area contributed by atoms with Gasteiger partial charge in [0.1, 0.15) is 5.82 Å². The molecule has 1 aromatic heterocycles. The number of hydrogen-bond acceptors (Lipinski definition) is 4. The smallest absolute Gasteiger partial charge is 0.337 e. The molecule has 0 saturated carbocycles. The second kappa shape index (κ2) is 6.88. The number of amides is 1. The maximum Gasteiger partial charge on any atom is 0.337 e. The molecule has 0 unspecified atom stereocenters. The number of aromatic carboxylic acids is 1. The standard InChI is InChI=1S/C17H16ClN3O3/c18-14-3-1-2-12(10-14)16(22)21-8-6-20(7-9-21)15-5-4-13(11-19-15)17(23)24/h1-5,10-11H,6-9H2,(H,23,24). The van der Waals surface area contributed by atoms with Gasteiger partial charge in [0.15, 0.2) is 0 Å². The highest BCUT2D eigenvalue weighted by Crippen LogP contribution is 2.17. The second-order valence-corrected chi connectivity index (χ2v) is 5.94. The molecule has 1 amide bonds. The molecule has 3 rings (SSSR count). The lowest BCUT2D eigenvalue weighted by molar-refractivity contribution is 0.0694. The molecule has 1 saturated heterocycles. The zero-order valence-corrected chi connectivity index (χ0v) is 13.6. The number of hydrogen-bond donors (Lipinski definition) is 1. The molecule has 1 fully saturated rings. The number of anilines is 1. The van der Waals surface area contributed by atoms with Crippen molar-refractivity contribution in [3.05, 3.63) is 58.7 Å². The van der Waals surface area contributed by atoms with Crippen molar-refractivity contribution in [3.63, 3.8) is 0 Å². The molecule has 124 valence electrons. The lowest BCUT2D eigenvalue weighted by atomic mass is 10.2. The summed E-state index contributed by atoms with van der Waals surface area (Å²) in [4.78, 5) is 31.3. The Morgan fingerprint density at radius 2 is 1.79 bits per heavy atom. The first-order valence-electron chi connectivity index (χ1n) is 7.54. The third-order valence-electron chi connectivity index (χ3n) is 3.96. The number of carboxylic acids is 1. The fourth-order valence-electron chi connectivity index (χ4n) is 2.64. The normalized spacial score (nSPS) is 14.5. The Balaban J connectivity index is 1.63. The third-order valence-corrected chi connectivity index (χ3v) is 4.19. The van der Waals surface area contributed by atoms with Gasteiger partial charge in [-0.05, 0) is 30.3 Å². The minimum Gasteiger partial charge on any atom is -0.478 e. The minimum absolute atomic E-state index is 0.0358. The van der Waals surface area contributed by atoms with Crippen molar-refractivity contribution in [1.82, 2.24) is 9.88 Å². The molecule has 2 heterocycles. The van der Waals surface area contributed by atoms with E-state index in [9.17, 15) is 9.59 Å². The van der Waals surface area contributed by atoms with Gasteiger partial charge in [0.05, 0.1) is 5.56 Å². The van der Waals surface area contributed by atoms with Crippen LogP contribution in [0.1, 0.15) is 20.7 Å². The highest BCUT2D eigenvalue weighted by molar-refractivity contribution is 6.30. The summed E-state index contributed by atoms with van der Waals surface area (Å²) in [5.41, 5.74) is 0.744. The molecule has 0 aliphatic carbocycles. The number of carbonyl (C=O) groups excluding carboxylic acids is 1. The monoisotopic (exact) mass is 345 g/mol. The number of carbonyl (C=O) groups is 2. The number of rotatable bonds is 3. The van der Waals surface area contributed by atoms with E-state index in [-0.39, 0.29) is 11.5 Å². The van der Waals surface area contributed by atoms with E-state index in [1.165, 1.54) is 12.3 Å². The highest BCUT2D eigenvalue weighted by Gasteiger charge is 2.23. The number of piperazine rings is 1. The van der Waals surface area contributed by atoms with Crippen molar-refractivity contribution in [1.29, 1.82) is 0 Å². The van der Waals surface area contributed by atoms with Crippen molar-refractivity contribution in [3.8, 4) is 0 Å². The molecular formula is C17H16ClN3O3. The molecule has 0 atom stereocenters. The van der Waals surface area contributed by atoms with E-state index in [4.69, 9.17) is 16.7 Å². The van der Waals surface area contributed by atoms with Crippen LogP contribution in [0.3, 0.4) is 0 Å². The van der Waals surface area contributed by atoms with Crippen LogP contribution in [0.5, 0.6) is 0 Å². The highest BCUT2D eigenvalue weighted by atomic mass is 35.5. The summed E-state index contributed by atoms with van der Waals surface area (Å²) < 4.78 is 0. The zero-order valence-electron chi connectivity index (χ0n) is 12.9. The van der Waals surface area contributed by atoms with Crippen LogP contribution in [0.25, 0.3) is 0 Å². The molecule has 1 N–H and O–H groups in total. The third kappa shape index (κ3) is 3.49. The summed E-state index contributed by atoms with van der Waals surface area (Å²) in [5.74, 6) is -0.313. The Hall–Kier alpha value is -2.60. The van der Waals surface area contributed by atoms with E-state index in [2.05, 4.69) is 4.98 Å². The Bertz CT molecular complexity index is 756. The second-order valence-electron chi connectivity index (χ2n) is 5.50. The summed E-state index contributed by atoms with van der Waals surface area (Å²) >= 11 is 5.94.